The Morgan fingerprint density at radius 3 is 2.32 bits per heavy atom. The lowest BCUT2D eigenvalue weighted by Crippen LogP contribution is -2.24. The van der Waals surface area contributed by atoms with E-state index in [-0.39, 0.29) is 11.9 Å². The highest BCUT2D eigenvalue weighted by molar-refractivity contribution is 5.89. The van der Waals surface area contributed by atoms with Gasteiger partial charge in [-0.2, -0.15) is 0 Å². The molecule has 0 amide bonds. The number of allylic oxidation sites excluding steroid dienone is 1. The van der Waals surface area contributed by atoms with Crippen LogP contribution in [0.5, 0.6) is 0 Å². The van der Waals surface area contributed by atoms with Crippen molar-refractivity contribution in [2.75, 3.05) is 6.61 Å². The smallest absolute Gasteiger partial charge is 0.337 e. The highest BCUT2D eigenvalue weighted by atomic mass is 16.5. The minimum Gasteiger partial charge on any atom is -0.463 e. The molecule has 1 aliphatic rings. The van der Waals surface area contributed by atoms with Gasteiger partial charge in [0.1, 0.15) is 5.76 Å². The van der Waals surface area contributed by atoms with Gasteiger partial charge in [-0.25, -0.2) is 4.79 Å². The van der Waals surface area contributed by atoms with Gasteiger partial charge in [0, 0.05) is 6.42 Å². The molecule has 1 aliphatic carbocycles. The van der Waals surface area contributed by atoms with E-state index >= 15 is 0 Å². The van der Waals surface area contributed by atoms with Crippen molar-refractivity contribution in [2.24, 2.45) is 5.41 Å². The van der Waals surface area contributed by atoms with E-state index in [2.05, 4.69) is 0 Å². The standard InChI is InChI=1S/C15H24O4/c1-5-18-13(16)11-9-7-6-8-10-12(11)19-14(17)15(2,3)4/h5-10H2,1-4H3. The second-order valence-corrected chi connectivity index (χ2v) is 5.82. The summed E-state index contributed by atoms with van der Waals surface area (Å²) in [7, 11) is 0. The Labute approximate surface area is 115 Å². The Morgan fingerprint density at radius 2 is 1.74 bits per heavy atom. The van der Waals surface area contributed by atoms with Crippen LogP contribution < -0.4 is 0 Å². The summed E-state index contributed by atoms with van der Waals surface area (Å²) < 4.78 is 10.5. The third-order valence-corrected chi connectivity index (χ3v) is 3.02. The largest absolute Gasteiger partial charge is 0.463 e. The van der Waals surface area contributed by atoms with Crippen LogP contribution in [0.3, 0.4) is 0 Å². The van der Waals surface area contributed by atoms with E-state index in [1.807, 2.05) is 0 Å². The zero-order valence-corrected chi connectivity index (χ0v) is 12.4. The summed E-state index contributed by atoms with van der Waals surface area (Å²) in [6, 6.07) is 0. The first-order valence-corrected chi connectivity index (χ1v) is 6.97. The van der Waals surface area contributed by atoms with Crippen molar-refractivity contribution in [3.63, 3.8) is 0 Å². The molecule has 0 saturated carbocycles. The van der Waals surface area contributed by atoms with Crippen molar-refractivity contribution in [3.05, 3.63) is 11.3 Å². The number of carbonyl (C=O) groups excluding carboxylic acids is 2. The predicted molar refractivity (Wildman–Crippen MR) is 72.3 cm³/mol. The molecule has 0 aliphatic heterocycles. The first-order chi connectivity index (χ1) is 8.86. The van der Waals surface area contributed by atoms with Crippen molar-refractivity contribution in [1.82, 2.24) is 0 Å². The molecule has 0 aromatic carbocycles. The van der Waals surface area contributed by atoms with Crippen LogP contribution in [-0.2, 0) is 19.1 Å². The van der Waals surface area contributed by atoms with Crippen LogP contribution in [-0.4, -0.2) is 18.5 Å². The fraction of sp³-hybridized carbons (Fsp3) is 0.733. The second-order valence-electron chi connectivity index (χ2n) is 5.82. The zero-order valence-electron chi connectivity index (χ0n) is 12.4. The third kappa shape index (κ3) is 4.69. The van der Waals surface area contributed by atoms with E-state index in [1.165, 1.54) is 0 Å². The molecule has 1 rings (SSSR count). The monoisotopic (exact) mass is 268 g/mol. The number of ether oxygens (including phenoxy) is 2. The van der Waals surface area contributed by atoms with Crippen LogP contribution in [0.1, 0.15) is 59.8 Å². The number of rotatable bonds is 3. The normalized spacial score (nSPS) is 16.8. The summed E-state index contributed by atoms with van der Waals surface area (Å²) in [6.07, 6.45) is 4.18. The molecule has 19 heavy (non-hydrogen) atoms. The fourth-order valence-electron chi connectivity index (χ4n) is 1.87. The van der Waals surface area contributed by atoms with Crippen LogP contribution in [0.4, 0.5) is 0 Å². The van der Waals surface area contributed by atoms with Gasteiger partial charge in [-0.05, 0) is 47.0 Å². The van der Waals surface area contributed by atoms with Gasteiger partial charge < -0.3 is 9.47 Å². The molecule has 0 aromatic heterocycles. The molecule has 0 bridgehead atoms. The Morgan fingerprint density at radius 1 is 1.11 bits per heavy atom. The van der Waals surface area contributed by atoms with E-state index in [0.29, 0.717) is 30.8 Å². The summed E-state index contributed by atoms with van der Waals surface area (Å²) >= 11 is 0. The number of hydrogen-bond donors (Lipinski definition) is 0. The van der Waals surface area contributed by atoms with Crippen molar-refractivity contribution in [2.45, 2.75) is 59.8 Å². The van der Waals surface area contributed by atoms with Gasteiger partial charge in [0.2, 0.25) is 0 Å². The van der Waals surface area contributed by atoms with E-state index in [0.717, 1.165) is 19.3 Å². The number of carbonyl (C=O) groups is 2. The Hall–Kier alpha value is -1.32. The molecule has 4 heteroatoms. The molecule has 0 radical (unpaired) electrons. The lowest BCUT2D eigenvalue weighted by atomic mass is 9.97. The Bertz CT molecular complexity index is 374. The molecule has 0 aromatic rings. The van der Waals surface area contributed by atoms with Gasteiger partial charge in [-0.1, -0.05) is 6.42 Å². The minimum absolute atomic E-state index is 0.300. The molecule has 4 nitrogen and oxygen atoms in total. The summed E-state index contributed by atoms with van der Waals surface area (Å²) in [5.74, 6) is -0.136. The molecule has 0 atom stereocenters. The van der Waals surface area contributed by atoms with Crippen LogP contribution in [0.15, 0.2) is 11.3 Å². The van der Waals surface area contributed by atoms with E-state index in [4.69, 9.17) is 9.47 Å². The zero-order chi connectivity index (χ0) is 14.5. The van der Waals surface area contributed by atoms with E-state index < -0.39 is 5.41 Å². The van der Waals surface area contributed by atoms with E-state index in [1.54, 1.807) is 27.7 Å². The van der Waals surface area contributed by atoms with Gasteiger partial charge >= 0.3 is 11.9 Å². The molecule has 0 saturated heterocycles. The predicted octanol–water partition coefficient (Wildman–Crippen LogP) is 3.36. The van der Waals surface area contributed by atoms with Crippen molar-refractivity contribution >= 4 is 11.9 Å². The first kappa shape index (κ1) is 15.7. The molecule has 0 heterocycles. The van der Waals surface area contributed by atoms with Crippen LogP contribution in [0, 0.1) is 5.41 Å². The SMILES string of the molecule is CCOC(=O)C1=C(OC(=O)C(C)(C)C)CCCCC1. The van der Waals surface area contributed by atoms with Gasteiger partial charge in [-0.3, -0.25) is 4.79 Å². The number of esters is 2. The average Bonchev–Trinajstić information content (AvgIpc) is 2.53. The molecular weight excluding hydrogens is 244 g/mol. The molecule has 0 spiro atoms. The third-order valence-electron chi connectivity index (χ3n) is 3.02. The molecule has 108 valence electrons. The Kier molecular flexibility index (Phi) is 5.58. The average molecular weight is 268 g/mol. The maximum Gasteiger partial charge on any atom is 0.337 e. The maximum atomic E-state index is 12.0. The first-order valence-electron chi connectivity index (χ1n) is 6.97. The highest BCUT2D eigenvalue weighted by Gasteiger charge is 2.28. The van der Waals surface area contributed by atoms with Crippen molar-refractivity contribution < 1.29 is 19.1 Å². The minimum atomic E-state index is -0.570. The molecule has 0 unspecified atom stereocenters. The van der Waals surface area contributed by atoms with Crippen LogP contribution in [0.25, 0.3) is 0 Å². The van der Waals surface area contributed by atoms with Crippen LogP contribution in [0.2, 0.25) is 0 Å². The number of hydrogen-bond acceptors (Lipinski definition) is 4. The van der Waals surface area contributed by atoms with Gasteiger partial charge in [0.05, 0.1) is 17.6 Å². The lowest BCUT2D eigenvalue weighted by Gasteiger charge is -2.19. The fourth-order valence-corrected chi connectivity index (χ4v) is 1.87. The second kappa shape index (κ2) is 6.73. The highest BCUT2D eigenvalue weighted by Crippen LogP contribution is 2.28. The van der Waals surface area contributed by atoms with Gasteiger partial charge in [-0.15, -0.1) is 0 Å². The summed E-state index contributed by atoms with van der Waals surface area (Å²) in [4.78, 5) is 23.9. The van der Waals surface area contributed by atoms with E-state index in [9.17, 15) is 9.59 Å². The van der Waals surface area contributed by atoms with Crippen LogP contribution >= 0.6 is 0 Å². The van der Waals surface area contributed by atoms with Gasteiger partial charge in [0.25, 0.3) is 0 Å². The topological polar surface area (TPSA) is 52.6 Å². The molecule has 0 fully saturated rings. The summed E-state index contributed by atoms with van der Waals surface area (Å²) in [5, 5.41) is 0. The summed E-state index contributed by atoms with van der Waals surface area (Å²) in [6.45, 7) is 7.52. The molecule has 0 N–H and O–H groups in total. The van der Waals surface area contributed by atoms with Gasteiger partial charge in [0.15, 0.2) is 0 Å². The molecular formula is C15H24O4. The van der Waals surface area contributed by atoms with Crippen molar-refractivity contribution in [1.29, 1.82) is 0 Å². The maximum absolute atomic E-state index is 12.0. The quantitative estimate of drug-likeness (QED) is 0.736. The summed E-state index contributed by atoms with van der Waals surface area (Å²) in [5.41, 5.74) is -0.0315. The van der Waals surface area contributed by atoms with Crippen molar-refractivity contribution in [3.8, 4) is 0 Å². The lowest BCUT2D eigenvalue weighted by molar-refractivity contribution is -0.149. The Balaban J connectivity index is 2.93.